The highest BCUT2D eigenvalue weighted by Gasteiger charge is 2.19. The zero-order valence-corrected chi connectivity index (χ0v) is 48.3. The molecular formula is C65H124O6. The quantitative estimate of drug-likeness (QED) is 0.0261. The van der Waals surface area contributed by atoms with E-state index < -0.39 is 6.10 Å². The molecule has 0 aliphatic carbocycles. The summed E-state index contributed by atoms with van der Waals surface area (Å²) in [5.41, 5.74) is 0. The van der Waals surface area contributed by atoms with Gasteiger partial charge in [-0.1, -0.05) is 315 Å². The van der Waals surface area contributed by atoms with Gasteiger partial charge in [0.05, 0.1) is 0 Å². The maximum atomic E-state index is 12.9. The molecule has 0 aliphatic heterocycles. The lowest BCUT2D eigenvalue weighted by molar-refractivity contribution is -0.167. The lowest BCUT2D eigenvalue weighted by Gasteiger charge is -2.18. The third kappa shape index (κ3) is 58.9. The van der Waals surface area contributed by atoms with E-state index in [2.05, 4.69) is 32.9 Å². The molecule has 71 heavy (non-hydrogen) atoms. The Morgan fingerprint density at radius 1 is 0.268 bits per heavy atom. The van der Waals surface area contributed by atoms with Crippen LogP contribution in [0.25, 0.3) is 0 Å². The second-order valence-corrected chi connectivity index (χ2v) is 22.0. The van der Waals surface area contributed by atoms with Gasteiger partial charge in [-0.05, 0) is 44.9 Å². The number of carbonyl (C=O) groups is 3. The molecule has 0 saturated heterocycles. The highest BCUT2D eigenvalue weighted by atomic mass is 16.6. The van der Waals surface area contributed by atoms with Gasteiger partial charge in [-0.15, -0.1) is 0 Å². The number of unbranched alkanes of at least 4 members (excludes halogenated alkanes) is 47. The summed E-state index contributed by atoms with van der Waals surface area (Å²) in [5.74, 6) is -0.847. The SMILES string of the molecule is CCCCCC/C=C\CCCCCCCC(=O)OCC(COC(=O)CCCCCCCCCCCCCCCCCCCCCCCCCCCC)OC(=O)CCCCCCCCCCCCCCCC. The van der Waals surface area contributed by atoms with E-state index in [-0.39, 0.29) is 31.1 Å². The molecule has 6 nitrogen and oxygen atoms in total. The first-order chi connectivity index (χ1) is 35.0. The first-order valence-electron chi connectivity index (χ1n) is 32.2. The summed E-state index contributed by atoms with van der Waals surface area (Å²) in [6, 6.07) is 0. The van der Waals surface area contributed by atoms with Crippen LogP contribution in [0.1, 0.15) is 367 Å². The summed E-state index contributed by atoms with van der Waals surface area (Å²) in [6.45, 7) is 6.69. The predicted molar refractivity (Wildman–Crippen MR) is 307 cm³/mol. The van der Waals surface area contributed by atoms with Crippen molar-refractivity contribution < 1.29 is 28.6 Å². The Hall–Kier alpha value is -1.85. The van der Waals surface area contributed by atoms with Crippen molar-refractivity contribution in [3.63, 3.8) is 0 Å². The molecule has 0 spiro atoms. The number of esters is 3. The minimum absolute atomic E-state index is 0.0662. The van der Waals surface area contributed by atoms with Crippen molar-refractivity contribution in [1.82, 2.24) is 0 Å². The lowest BCUT2D eigenvalue weighted by Crippen LogP contribution is -2.30. The van der Waals surface area contributed by atoms with Crippen LogP contribution in [0.4, 0.5) is 0 Å². The molecule has 420 valence electrons. The van der Waals surface area contributed by atoms with Crippen LogP contribution in [-0.4, -0.2) is 37.2 Å². The van der Waals surface area contributed by atoms with Gasteiger partial charge in [0.1, 0.15) is 13.2 Å². The number of hydrogen-bond acceptors (Lipinski definition) is 6. The van der Waals surface area contributed by atoms with Gasteiger partial charge >= 0.3 is 17.9 Å². The molecule has 1 unspecified atom stereocenters. The Morgan fingerprint density at radius 3 is 0.718 bits per heavy atom. The van der Waals surface area contributed by atoms with Gasteiger partial charge in [-0.25, -0.2) is 0 Å². The maximum absolute atomic E-state index is 12.9. The summed E-state index contributed by atoms with van der Waals surface area (Å²) in [5, 5.41) is 0. The molecule has 0 aromatic carbocycles. The molecule has 0 saturated carbocycles. The van der Waals surface area contributed by atoms with E-state index in [1.165, 1.54) is 263 Å². The van der Waals surface area contributed by atoms with Crippen molar-refractivity contribution >= 4 is 17.9 Å². The van der Waals surface area contributed by atoms with Gasteiger partial charge in [0.15, 0.2) is 6.10 Å². The van der Waals surface area contributed by atoms with E-state index in [1.54, 1.807) is 0 Å². The molecule has 0 radical (unpaired) electrons. The first-order valence-corrected chi connectivity index (χ1v) is 32.2. The Labute approximate surface area is 443 Å². The molecule has 0 aromatic heterocycles. The third-order valence-corrected chi connectivity index (χ3v) is 14.8. The van der Waals surface area contributed by atoms with Crippen LogP contribution in [0.15, 0.2) is 12.2 Å². The molecule has 6 heteroatoms. The highest BCUT2D eigenvalue weighted by Crippen LogP contribution is 2.18. The number of rotatable bonds is 60. The fourth-order valence-corrected chi connectivity index (χ4v) is 9.91. The summed E-state index contributed by atoms with van der Waals surface area (Å²) < 4.78 is 16.9. The average Bonchev–Trinajstić information content (AvgIpc) is 3.37. The van der Waals surface area contributed by atoms with Gasteiger partial charge in [0.2, 0.25) is 0 Å². The van der Waals surface area contributed by atoms with E-state index >= 15 is 0 Å². The second kappa shape index (κ2) is 60.7. The van der Waals surface area contributed by atoms with Crippen molar-refractivity contribution in [3.8, 4) is 0 Å². The normalized spacial score (nSPS) is 12.0. The van der Waals surface area contributed by atoms with Gasteiger partial charge < -0.3 is 14.2 Å². The maximum Gasteiger partial charge on any atom is 0.306 e. The van der Waals surface area contributed by atoms with Gasteiger partial charge in [0.25, 0.3) is 0 Å². The molecule has 0 bridgehead atoms. The highest BCUT2D eigenvalue weighted by molar-refractivity contribution is 5.71. The fourth-order valence-electron chi connectivity index (χ4n) is 9.91. The number of hydrogen-bond donors (Lipinski definition) is 0. The van der Waals surface area contributed by atoms with Crippen molar-refractivity contribution in [2.24, 2.45) is 0 Å². The standard InChI is InChI=1S/C65H124O6/c1-4-7-10-13-16-19-22-25-27-28-29-30-31-32-33-34-35-36-37-38-41-43-46-49-52-55-58-64(67)70-61-62(60-69-63(66)57-54-51-48-45-42-39-24-21-18-15-12-9-6-3)71-65(68)59-56-53-50-47-44-40-26-23-20-17-14-11-8-5-2/h21,24,62H,4-20,22-23,25-61H2,1-3H3/b24-21-. The van der Waals surface area contributed by atoms with Gasteiger partial charge in [-0.3, -0.25) is 14.4 Å². The summed E-state index contributed by atoms with van der Waals surface area (Å²) >= 11 is 0. The Kier molecular flexibility index (Phi) is 59.1. The molecule has 0 aliphatic rings. The number of allylic oxidation sites excluding steroid dienone is 2. The van der Waals surface area contributed by atoms with Crippen LogP contribution in [0.3, 0.4) is 0 Å². The van der Waals surface area contributed by atoms with E-state index in [1.807, 2.05) is 0 Å². The van der Waals surface area contributed by atoms with E-state index in [4.69, 9.17) is 14.2 Å². The average molecular weight is 1000 g/mol. The Balaban J connectivity index is 4.16. The van der Waals surface area contributed by atoms with Crippen molar-refractivity contribution in [2.75, 3.05) is 13.2 Å². The van der Waals surface area contributed by atoms with Crippen LogP contribution in [0.5, 0.6) is 0 Å². The Bertz CT molecular complexity index is 1100. The van der Waals surface area contributed by atoms with E-state index in [0.717, 1.165) is 64.2 Å². The molecule has 0 rings (SSSR count). The van der Waals surface area contributed by atoms with Gasteiger partial charge in [0, 0.05) is 19.3 Å². The first kappa shape index (κ1) is 69.2. The molecule has 0 N–H and O–H groups in total. The number of ether oxygens (including phenoxy) is 3. The molecular weight excluding hydrogens is 877 g/mol. The smallest absolute Gasteiger partial charge is 0.306 e. The van der Waals surface area contributed by atoms with Crippen LogP contribution >= 0.6 is 0 Å². The van der Waals surface area contributed by atoms with Gasteiger partial charge in [-0.2, -0.15) is 0 Å². The molecule has 0 fully saturated rings. The summed E-state index contributed by atoms with van der Waals surface area (Å²) in [7, 11) is 0. The zero-order valence-electron chi connectivity index (χ0n) is 48.3. The monoisotopic (exact) mass is 1000 g/mol. The number of carbonyl (C=O) groups excluding carboxylic acids is 3. The van der Waals surface area contributed by atoms with Crippen molar-refractivity contribution in [1.29, 1.82) is 0 Å². The van der Waals surface area contributed by atoms with Crippen LogP contribution < -0.4 is 0 Å². The zero-order chi connectivity index (χ0) is 51.4. The lowest BCUT2D eigenvalue weighted by atomic mass is 10.0. The predicted octanol–water partition coefficient (Wildman–Crippen LogP) is 21.7. The van der Waals surface area contributed by atoms with Crippen LogP contribution in [0.2, 0.25) is 0 Å². The summed E-state index contributed by atoms with van der Waals surface area (Å²) in [6.07, 6.45) is 70.9. The molecule has 0 heterocycles. The van der Waals surface area contributed by atoms with E-state index in [9.17, 15) is 14.4 Å². The molecule has 0 aromatic rings. The van der Waals surface area contributed by atoms with Crippen molar-refractivity contribution in [3.05, 3.63) is 12.2 Å². The molecule has 1 atom stereocenters. The van der Waals surface area contributed by atoms with E-state index in [0.29, 0.717) is 19.3 Å². The third-order valence-electron chi connectivity index (χ3n) is 14.8. The minimum atomic E-state index is -0.768. The van der Waals surface area contributed by atoms with Crippen molar-refractivity contribution in [2.45, 2.75) is 374 Å². The van der Waals surface area contributed by atoms with Crippen LogP contribution in [-0.2, 0) is 28.6 Å². The molecule has 0 amide bonds. The van der Waals surface area contributed by atoms with Crippen LogP contribution in [0, 0.1) is 0 Å². The second-order valence-electron chi connectivity index (χ2n) is 22.0. The fraction of sp³-hybridized carbons (Fsp3) is 0.923. The Morgan fingerprint density at radius 2 is 0.465 bits per heavy atom. The summed E-state index contributed by atoms with van der Waals surface area (Å²) in [4.78, 5) is 38.2. The largest absolute Gasteiger partial charge is 0.462 e. The minimum Gasteiger partial charge on any atom is -0.462 e. The topological polar surface area (TPSA) is 78.9 Å².